The van der Waals surface area contributed by atoms with Crippen LogP contribution < -0.4 is 29.7 Å². The molecule has 0 saturated carbocycles. The molecular weight excluding hydrogens is 464 g/mol. The van der Waals surface area contributed by atoms with Crippen LogP contribution in [0.4, 0.5) is 0 Å². The fourth-order valence-corrected chi connectivity index (χ4v) is 4.45. The molecule has 1 saturated heterocycles. The van der Waals surface area contributed by atoms with E-state index in [1.807, 2.05) is 36.4 Å². The second kappa shape index (κ2) is 11.2. The number of nitrogens with zero attached hydrogens (tertiary/aromatic N) is 2. The molecule has 10 heteroatoms. The summed E-state index contributed by atoms with van der Waals surface area (Å²) in [5.41, 5.74) is 5.35. The molecule has 2 unspecified atom stereocenters. The normalized spacial score (nSPS) is 18.6. The molecule has 2 heterocycles. The lowest BCUT2D eigenvalue weighted by molar-refractivity contribution is -0.138. The van der Waals surface area contributed by atoms with Crippen LogP contribution in [0.15, 0.2) is 48.8 Å². The number of carbonyl (C=O) groups excluding carboxylic acids is 2. The molecule has 1 fully saturated rings. The van der Waals surface area contributed by atoms with Gasteiger partial charge in [0.25, 0.3) is 5.91 Å². The highest BCUT2D eigenvalue weighted by Crippen LogP contribution is 2.35. The summed E-state index contributed by atoms with van der Waals surface area (Å²) < 4.78 is 21.3. The second-order valence-corrected chi connectivity index (χ2v) is 8.51. The standard InChI is InChI=1S/C26H32N4O6/c1-33-21-7-5-17(13-23(21)35-3)9-10-27-25(31)16-29-11-12-30-20(26(29)32)15-19(28-30)18-6-8-22(34-2)24(14-18)36-4/h5-8,11-14,19-20,28H,9-10,15-16H2,1-4H3,(H,27,31). The first-order valence-electron chi connectivity index (χ1n) is 11.7. The average Bonchev–Trinajstić information content (AvgIpc) is 3.35. The monoisotopic (exact) mass is 496 g/mol. The summed E-state index contributed by atoms with van der Waals surface area (Å²) in [5, 5.41) is 4.69. The maximum absolute atomic E-state index is 13.1. The number of benzene rings is 2. The summed E-state index contributed by atoms with van der Waals surface area (Å²) in [7, 11) is 6.36. The Hall–Kier alpha value is -3.92. The SMILES string of the molecule is COc1ccc(CCNC(=O)CN2C=CN3NC(c4ccc(OC)c(OC)c4)CC3C2=O)cc1OC. The van der Waals surface area contributed by atoms with Crippen LogP contribution in [0.3, 0.4) is 0 Å². The van der Waals surface area contributed by atoms with Crippen molar-refractivity contribution in [1.82, 2.24) is 20.7 Å². The molecule has 36 heavy (non-hydrogen) atoms. The van der Waals surface area contributed by atoms with Crippen molar-refractivity contribution in [2.24, 2.45) is 0 Å². The van der Waals surface area contributed by atoms with Crippen molar-refractivity contribution >= 4 is 11.8 Å². The number of fused-ring (bicyclic) bond motifs is 1. The van der Waals surface area contributed by atoms with Gasteiger partial charge in [0.2, 0.25) is 5.91 Å². The highest BCUT2D eigenvalue weighted by Gasteiger charge is 2.40. The second-order valence-electron chi connectivity index (χ2n) is 8.51. The molecule has 0 spiro atoms. The molecule has 0 aliphatic carbocycles. The summed E-state index contributed by atoms with van der Waals surface area (Å²) in [6.45, 7) is 0.408. The van der Waals surface area contributed by atoms with Crippen LogP contribution >= 0.6 is 0 Å². The van der Waals surface area contributed by atoms with E-state index in [0.29, 0.717) is 42.4 Å². The van der Waals surface area contributed by atoms with Crippen molar-refractivity contribution in [2.75, 3.05) is 41.5 Å². The average molecular weight is 497 g/mol. The van der Waals surface area contributed by atoms with Gasteiger partial charge in [0, 0.05) is 18.9 Å². The van der Waals surface area contributed by atoms with Crippen LogP contribution in [0.25, 0.3) is 0 Å². The largest absolute Gasteiger partial charge is 0.493 e. The number of hydrogen-bond acceptors (Lipinski definition) is 8. The first-order chi connectivity index (χ1) is 17.5. The first kappa shape index (κ1) is 25.2. The number of amides is 2. The lowest BCUT2D eigenvalue weighted by Crippen LogP contribution is -2.50. The van der Waals surface area contributed by atoms with Crippen molar-refractivity contribution in [3.63, 3.8) is 0 Å². The van der Waals surface area contributed by atoms with E-state index < -0.39 is 6.04 Å². The number of hydrazine groups is 1. The molecule has 2 amide bonds. The number of carbonyl (C=O) groups is 2. The van der Waals surface area contributed by atoms with Gasteiger partial charge in [-0.15, -0.1) is 0 Å². The molecule has 2 N–H and O–H groups in total. The Balaban J connectivity index is 1.30. The Kier molecular flexibility index (Phi) is 7.84. The van der Waals surface area contributed by atoms with Crippen LogP contribution in [0.1, 0.15) is 23.6 Å². The number of ether oxygens (including phenoxy) is 4. The fraction of sp³-hybridized carbons (Fsp3) is 0.385. The zero-order valence-corrected chi connectivity index (χ0v) is 20.9. The summed E-state index contributed by atoms with van der Waals surface area (Å²) in [6.07, 6.45) is 4.62. The van der Waals surface area contributed by atoms with Crippen molar-refractivity contribution in [3.8, 4) is 23.0 Å². The molecule has 0 aromatic heterocycles. The third-order valence-electron chi connectivity index (χ3n) is 6.38. The first-order valence-corrected chi connectivity index (χ1v) is 11.7. The molecule has 2 atom stereocenters. The molecule has 0 radical (unpaired) electrons. The third-order valence-corrected chi connectivity index (χ3v) is 6.38. The van der Waals surface area contributed by atoms with Crippen LogP contribution in [0, 0.1) is 0 Å². The topological polar surface area (TPSA) is 102 Å². The van der Waals surface area contributed by atoms with Gasteiger partial charge < -0.3 is 34.2 Å². The van der Waals surface area contributed by atoms with Crippen LogP contribution in [0.5, 0.6) is 23.0 Å². The van der Waals surface area contributed by atoms with E-state index in [2.05, 4.69) is 10.7 Å². The summed E-state index contributed by atoms with van der Waals surface area (Å²) in [6, 6.07) is 10.9. The lowest BCUT2D eigenvalue weighted by Gasteiger charge is -2.31. The molecule has 2 aromatic rings. The minimum Gasteiger partial charge on any atom is -0.493 e. The number of hydrogen-bond donors (Lipinski definition) is 2. The van der Waals surface area contributed by atoms with Crippen molar-refractivity contribution in [3.05, 3.63) is 59.9 Å². The maximum atomic E-state index is 13.1. The molecule has 0 bridgehead atoms. The predicted octanol–water partition coefficient (Wildman–Crippen LogP) is 2.01. The highest BCUT2D eigenvalue weighted by atomic mass is 16.5. The minimum absolute atomic E-state index is 0.0351. The zero-order valence-electron chi connectivity index (χ0n) is 20.9. The molecule has 4 rings (SSSR count). The Morgan fingerprint density at radius 3 is 2.31 bits per heavy atom. The number of nitrogens with one attached hydrogen (secondary N) is 2. The maximum Gasteiger partial charge on any atom is 0.251 e. The van der Waals surface area contributed by atoms with Crippen LogP contribution in [0.2, 0.25) is 0 Å². The summed E-state index contributed by atoms with van der Waals surface area (Å²) >= 11 is 0. The Morgan fingerprint density at radius 2 is 1.61 bits per heavy atom. The van der Waals surface area contributed by atoms with Crippen LogP contribution in [-0.4, -0.2) is 69.3 Å². The van der Waals surface area contributed by atoms with Gasteiger partial charge in [-0.3, -0.25) is 9.59 Å². The zero-order chi connectivity index (χ0) is 25.7. The van der Waals surface area contributed by atoms with E-state index >= 15 is 0 Å². The summed E-state index contributed by atoms with van der Waals surface area (Å²) in [4.78, 5) is 27.1. The molecular formula is C26H32N4O6. The van der Waals surface area contributed by atoms with Crippen molar-refractivity contribution in [2.45, 2.75) is 24.9 Å². The van der Waals surface area contributed by atoms with E-state index in [9.17, 15) is 9.59 Å². The van der Waals surface area contributed by atoms with Gasteiger partial charge in [-0.2, -0.15) is 0 Å². The van der Waals surface area contributed by atoms with Gasteiger partial charge in [-0.05, 0) is 48.2 Å². The van der Waals surface area contributed by atoms with Gasteiger partial charge in [-0.25, -0.2) is 5.43 Å². The number of rotatable bonds is 10. The quantitative estimate of drug-likeness (QED) is 0.515. The Bertz CT molecular complexity index is 1140. The van der Waals surface area contributed by atoms with Crippen molar-refractivity contribution < 1.29 is 28.5 Å². The van der Waals surface area contributed by atoms with Gasteiger partial charge in [0.1, 0.15) is 12.6 Å². The van der Waals surface area contributed by atoms with E-state index in [1.165, 1.54) is 4.90 Å². The molecule has 192 valence electrons. The molecule has 2 aliphatic rings. The van der Waals surface area contributed by atoms with Crippen molar-refractivity contribution in [1.29, 1.82) is 0 Å². The lowest BCUT2D eigenvalue weighted by atomic mass is 10.0. The van der Waals surface area contributed by atoms with Gasteiger partial charge in [-0.1, -0.05) is 12.1 Å². The smallest absolute Gasteiger partial charge is 0.251 e. The van der Waals surface area contributed by atoms with Gasteiger partial charge in [0.15, 0.2) is 23.0 Å². The van der Waals surface area contributed by atoms with E-state index in [0.717, 1.165) is 11.1 Å². The predicted molar refractivity (Wildman–Crippen MR) is 133 cm³/mol. The molecule has 10 nitrogen and oxygen atoms in total. The Morgan fingerprint density at radius 1 is 0.944 bits per heavy atom. The van der Waals surface area contributed by atoms with E-state index in [-0.39, 0.29) is 24.4 Å². The molecule has 2 aromatic carbocycles. The minimum atomic E-state index is -0.396. The Labute approximate surface area is 210 Å². The fourth-order valence-electron chi connectivity index (χ4n) is 4.45. The van der Waals surface area contributed by atoms with Gasteiger partial charge >= 0.3 is 0 Å². The van der Waals surface area contributed by atoms with E-state index in [1.54, 1.807) is 45.8 Å². The van der Waals surface area contributed by atoms with Crippen LogP contribution in [-0.2, 0) is 16.0 Å². The third kappa shape index (κ3) is 5.33. The molecule has 2 aliphatic heterocycles. The van der Waals surface area contributed by atoms with E-state index in [4.69, 9.17) is 18.9 Å². The van der Waals surface area contributed by atoms with Gasteiger partial charge in [0.05, 0.1) is 34.5 Å². The summed E-state index contributed by atoms with van der Waals surface area (Å²) in [5.74, 6) is 2.24. The highest BCUT2D eigenvalue weighted by molar-refractivity contribution is 5.89. The number of methoxy groups -OCH3 is 4.